The summed E-state index contributed by atoms with van der Waals surface area (Å²) in [7, 11) is 0. The van der Waals surface area contributed by atoms with Crippen molar-refractivity contribution in [3.05, 3.63) is 77.1 Å². The van der Waals surface area contributed by atoms with Crippen molar-refractivity contribution in [1.29, 1.82) is 0 Å². The van der Waals surface area contributed by atoms with Crippen molar-refractivity contribution in [3.63, 3.8) is 0 Å². The van der Waals surface area contributed by atoms with Crippen molar-refractivity contribution in [2.24, 2.45) is 0 Å². The van der Waals surface area contributed by atoms with E-state index in [1.54, 1.807) is 16.3 Å². The molecule has 0 spiro atoms. The molecule has 0 N–H and O–H groups in total. The second-order valence-electron chi connectivity index (χ2n) is 5.24. The lowest BCUT2D eigenvalue weighted by molar-refractivity contribution is 1.05. The normalized spacial score (nSPS) is 11.2. The van der Waals surface area contributed by atoms with E-state index in [1.165, 1.54) is 0 Å². The van der Waals surface area contributed by atoms with Gasteiger partial charge in [0, 0.05) is 11.1 Å². The van der Waals surface area contributed by atoms with Crippen LogP contribution >= 0.6 is 11.8 Å². The third-order valence-corrected chi connectivity index (χ3v) is 4.57. The highest BCUT2D eigenvalue weighted by molar-refractivity contribution is 7.98. The summed E-state index contributed by atoms with van der Waals surface area (Å²) in [6.07, 6.45) is 1.99. The Balaban J connectivity index is 2.23. The first-order valence-corrected chi connectivity index (χ1v) is 8.56. The second kappa shape index (κ2) is 5.56. The van der Waals surface area contributed by atoms with Crippen LogP contribution in [0.25, 0.3) is 27.5 Å². The van der Waals surface area contributed by atoms with Gasteiger partial charge < -0.3 is 0 Å². The molecule has 0 fully saturated rings. The number of para-hydroxylation sites is 2. The summed E-state index contributed by atoms with van der Waals surface area (Å²) in [6, 6.07) is 21.4. The molecule has 2 aromatic heterocycles. The minimum Gasteiger partial charge on any atom is -0.276 e. The van der Waals surface area contributed by atoms with E-state index >= 15 is 0 Å². The number of thioether (sulfide) groups is 1. The Hall–Kier alpha value is -2.59. The molecule has 0 aliphatic carbocycles. The lowest BCUT2D eigenvalue weighted by Crippen LogP contribution is -2.19. The Morgan fingerprint density at radius 1 is 0.870 bits per heavy atom. The van der Waals surface area contributed by atoms with Crippen LogP contribution < -0.4 is 5.56 Å². The molecule has 0 unspecified atom stereocenters. The van der Waals surface area contributed by atoms with Crippen molar-refractivity contribution in [3.8, 4) is 5.69 Å². The number of rotatable bonds is 2. The molecule has 0 saturated heterocycles. The number of benzene rings is 2. The zero-order valence-electron chi connectivity index (χ0n) is 12.6. The minimum absolute atomic E-state index is 0.0370. The summed E-state index contributed by atoms with van der Waals surface area (Å²) in [6.45, 7) is 0. The van der Waals surface area contributed by atoms with E-state index in [9.17, 15) is 4.79 Å². The number of pyridine rings is 2. The average Bonchev–Trinajstić information content (AvgIpc) is 2.62. The molecule has 0 saturated carbocycles. The topological polar surface area (TPSA) is 34.9 Å². The molecular weight excluding hydrogens is 304 g/mol. The molecule has 0 aliphatic rings. The van der Waals surface area contributed by atoms with Gasteiger partial charge in [0.05, 0.1) is 21.4 Å². The third kappa shape index (κ3) is 2.23. The molecule has 0 amide bonds. The van der Waals surface area contributed by atoms with Crippen LogP contribution in [0.15, 0.2) is 76.6 Å². The van der Waals surface area contributed by atoms with Crippen LogP contribution in [0.1, 0.15) is 0 Å². The summed E-state index contributed by atoms with van der Waals surface area (Å²) in [5.41, 5.74) is 2.47. The Labute approximate surface area is 137 Å². The summed E-state index contributed by atoms with van der Waals surface area (Å²) in [5, 5.41) is 2.55. The molecule has 4 aromatic rings. The number of fused-ring (bicyclic) bond motifs is 3. The van der Waals surface area contributed by atoms with Gasteiger partial charge in [-0.1, -0.05) is 36.4 Å². The molecule has 23 heavy (non-hydrogen) atoms. The first-order chi connectivity index (χ1) is 11.3. The van der Waals surface area contributed by atoms with Crippen molar-refractivity contribution < 1.29 is 0 Å². The summed E-state index contributed by atoms with van der Waals surface area (Å²) in [5.74, 6) is 0. The van der Waals surface area contributed by atoms with Crippen LogP contribution in [0.3, 0.4) is 0 Å². The van der Waals surface area contributed by atoms with Crippen LogP contribution in [0.4, 0.5) is 0 Å². The minimum atomic E-state index is -0.0370. The summed E-state index contributed by atoms with van der Waals surface area (Å²) < 4.78 is 1.76. The molecule has 4 heteroatoms. The van der Waals surface area contributed by atoms with E-state index in [0.717, 1.165) is 27.1 Å². The fraction of sp³-hybridized carbons (Fsp3) is 0.0526. The SMILES string of the molecule is CSc1ccc2c(=O)n(-c3ccccc3)c3ccccc3c2n1. The van der Waals surface area contributed by atoms with E-state index < -0.39 is 0 Å². The Morgan fingerprint density at radius 2 is 1.61 bits per heavy atom. The van der Waals surface area contributed by atoms with Gasteiger partial charge in [-0.2, -0.15) is 0 Å². The number of hydrogen-bond donors (Lipinski definition) is 0. The van der Waals surface area contributed by atoms with E-state index in [-0.39, 0.29) is 5.56 Å². The van der Waals surface area contributed by atoms with Crippen LogP contribution in [0, 0.1) is 0 Å². The van der Waals surface area contributed by atoms with Gasteiger partial charge in [-0.05, 0) is 36.6 Å². The summed E-state index contributed by atoms with van der Waals surface area (Å²) in [4.78, 5) is 17.7. The van der Waals surface area contributed by atoms with E-state index in [0.29, 0.717) is 5.39 Å². The van der Waals surface area contributed by atoms with Gasteiger partial charge in [0.2, 0.25) is 0 Å². The smallest absolute Gasteiger partial charge is 0.265 e. The van der Waals surface area contributed by atoms with Crippen molar-refractivity contribution >= 4 is 33.6 Å². The highest BCUT2D eigenvalue weighted by atomic mass is 32.2. The van der Waals surface area contributed by atoms with E-state index in [1.807, 2.05) is 73.0 Å². The van der Waals surface area contributed by atoms with Gasteiger partial charge in [-0.25, -0.2) is 4.98 Å². The lowest BCUT2D eigenvalue weighted by Gasteiger charge is -2.13. The largest absolute Gasteiger partial charge is 0.276 e. The molecule has 0 aliphatic heterocycles. The molecule has 112 valence electrons. The van der Waals surface area contributed by atoms with E-state index in [4.69, 9.17) is 0 Å². The van der Waals surface area contributed by atoms with Gasteiger partial charge in [-0.15, -0.1) is 11.8 Å². The fourth-order valence-corrected chi connectivity index (χ4v) is 3.25. The second-order valence-corrected chi connectivity index (χ2v) is 6.07. The maximum absolute atomic E-state index is 13.1. The van der Waals surface area contributed by atoms with Gasteiger partial charge in [0.15, 0.2) is 0 Å². The Kier molecular flexibility index (Phi) is 3.39. The first-order valence-electron chi connectivity index (χ1n) is 7.33. The molecule has 0 radical (unpaired) electrons. The van der Waals surface area contributed by atoms with Crippen molar-refractivity contribution in [1.82, 2.24) is 9.55 Å². The van der Waals surface area contributed by atoms with Crippen LogP contribution in [-0.4, -0.2) is 15.8 Å². The number of nitrogens with zero attached hydrogens (tertiary/aromatic N) is 2. The zero-order chi connectivity index (χ0) is 15.8. The molecule has 3 nitrogen and oxygen atoms in total. The van der Waals surface area contributed by atoms with Crippen molar-refractivity contribution in [2.45, 2.75) is 5.03 Å². The first kappa shape index (κ1) is 14.0. The number of hydrogen-bond acceptors (Lipinski definition) is 3. The average molecular weight is 318 g/mol. The number of aromatic nitrogens is 2. The maximum atomic E-state index is 13.1. The van der Waals surface area contributed by atoms with E-state index in [2.05, 4.69) is 4.98 Å². The van der Waals surface area contributed by atoms with Gasteiger partial charge in [-0.3, -0.25) is 9.36 Å². The van der Waals surface area contributed by atoms with Gasteiger partial charge >= 0.3 is 0 Å². The molecule has 2 aromatic carbocycles. The molecular formula is C19H14N2OS. The summed E-state index contributed by atoms with van der Waals surface area (Å²) >= 11 is 1.58. The van der Waals surface area contributed by atoms with Gasteiger partial charge in [0.1, 0.15) is 0 Å². The predicted molar refractivity (Wildman–Crippen MR) is 96.6 cm³/mol. The molecule has 0 bridgehead atoms. The highest BCUT2D eigenvalue weighted by Crippen LogP contribution is 2.25. The predicted octanol–water partition coefficient (Wildman–Crippen LogP) is 4.26. The quantitative estimate of drug-likeness (QED) is 0.409. The highest BCUT2D eigenvalue weighted by Gasteiger charge is 2.13. The monoisotopic (exact) mass is 318 g/mol. The third-order valence-electron chi connectivity index (χ3n) is 3.93. The maximum Gasteiger partial charge on any atom is 0.265 e. The van der Waals surface area contributed by atoms with Gasteiger partial charge in [0.25, 0.3) is 5.56 Å². The fourth-order valence-electron chi connectivity index (χ4n) is 2.86. The molecule has 4 rings (SSSR count). The van der Waals surface area contributed by atoms with Crippen LogP contribution in [0.5, 0.6) is 0 Å². The van der Waals surface area contributed by atoms with Crippen LogP contribution in [0.2, 0.25) is 0 Å². The molecule has 2 heterocycles. The lowest BCUT2D eigenvalue weighted by atomic mass is 10.1. The Bertz CT molecular complexity index is 1070. The van der Waals surface area contributed by atoms with Crippen molar-refractivity contribution in [2.75, 3.05) is 6.26 Å². The molecule has 0 atom stereocenters. The standard InChI is InChI=1S/C19H14N2OS/c1-23-17-12-11-15-18(20-17)14-9-5-6-10-16(14)21(19(15)22)13-7-3-2-4-8-13/h2-12H,1H3. The Morgan fingerprint density at radius 3 is 2.39 bits per heavy atom. The van der Waals surface area contributed by atoms with Crippen LogP contribution in [-0.2, 0) is 0 Å². The zero-order valence-corrected chi connectivity index (χ0v) is 13.4.